The number of nitrogens with zero attached hydrogens (tertiary/aromatic N) is 1. The number of amides is 1. The number of carbonyl (C=O) groups excluding carboxylic acids is 1. The highest BCUT2D eigenvalue weighted by Gasteiger charge is 2.12. The van der Waals surface area contributed by atoms with Gasteiger partial charge in [0.25, 0.3) is 5.91 Å². The fourth-order valence-electron chi connectivity index (χ4n) is 3.15. The lowest BCUT2D eigenvalue weighted by molar-refractivity contribution is 0.0954. The van der Waals surface area contributed by atoms with Crippen LogP contribution in [-0.4, -0.2) is 38.2 Å². The Balaban J connectivity index is 1.55. The van der Waals surface area contributed by atoms with Gasteiger partial charge in [0.15, 0.2) is 11.5 Å². The minimum Gasteiger partial charge on any atom is -0.493 e. The van der Waals surface area contributed by atoms with Gasteiger partial charge in [0.2, 0.25) is 0 Å². The molecule has 0 fully saturated rings. The molecule has 1 heterocycles. The summed E-state index contributed by atoms with van der Waals surface area (Å²) in [5, 5.41) is 6.25. The molecule has 0 aliphatic rings. The number of ether oxygens (including phenoxy) is 2. The lowest BCUT2D eigenvalue weighted by Gasteiger charge is -2.12. The number of carbonyl (C=O) groups is 1. The van der Waals surface area contributed by atoms with E-state index in [1.54, 1.807) is 32.5 Å². The standard InChI is InChI=1S/C24H27N3O3/c1-29-21-11-10-19(17-22(21)30-2)13-15-26-23-20(9-6-14-25-23)24(28)27-16-12-18-7-4-3-5-8-18/h3-11,14,17H,12-13,15-16H2,1-2H3,(H,25,26)(H,27,28). The molecular weight excluding hydrogens is 378 g/mol. The smallest absolute Gasteiger partial charge is 0.255 e. The molecule has 1 amide bonds. The van der Waals surface area contributed by atoms with Crippen LogP contribution in [0, 0.1) is 0 Å². The van der Waals surface area contributed by atoms with E-state index in [0.717, 1.165) is 18.4 Å². The van der Waals surface area contributed by atoms with E-state index < -0.39 is 0 Å². The first kappa shape index (κ1) is 21.2. The average Bonchev–Trinajstić information content (AvgIpc) is 2.80. The Morgan fingerprint density at radius 2 is 1.63 bits per heavy atom. The van der Waals surface area contributed by atoms with Crippen LogP contribution in [0.5, 0.6) is 11.5 Å². The normalized spacial score (nSPS) is 10.3. The van der Waals surface area contributed by atoms with E-state index in [9.17, 15) is 4.79 Å². The van der Waals surface area contributed by atoms with Crippen LogP contribution < -0.4 is 20.1 Å². The van der Waals surface area contributed by atoms with Crippen LogP contribution in [0.15, 0.2) is 66.9 Å². The van der Waals surface area contributed by atoms with Gasteiger partial charge in [-0.05, 0) is 48.2 Å². The van der Waals surface area contributed by atoms with Crippen molar-refractivity contribution in [3.8, 4) is 11.5 Å². The number of nitrogens with one attached hydrogen (secondary N) is 2. The lowest BCUT2D eigenvalue weighted by atomic mass is 10.1. The number of anilines is 1. The van der Waals surface area contributed by atoms with E-state index in [0.29, 0.717) is 36.0 Å². The predicted molar refractivity (Wildman–Crippen MR) is 118 cm³/mol. The minimum atomic E-state index is -0.132. The molecule has 6 heteroatoms. The van der Waals surface area contributed by atoms with Crippen molar-refractivity contribution in [3.63, 3.8) is 0 Å². The number of hydrogen-bond acceptors (Lipinski definition) is 5. The number of aromatic nitrogens is 1. The highest BCUT2D eigenvalue weighted by Crippen LogP contribution is 2.27. The maximum Gasteiger partial charge on any atom is 0.255 e. The fraction of sp³-hybridized carbons (Fsp3) is 0.250. The summed E-state index contributed by atoms with van der Waals surface area (Å²) in [4.78, 5) is 17.0. The van der Waals surface area contributed by atoms with Gasteiger partial charge in [0.1, 0.15) is 5.82 Å². The molecule has 0 spiro atoms. The van der Waals surface area contributed by atoms with Crippen molar-refractivity contribution < 1.29 is 14.3 Å². The van der Waals surface area contributed by atoms with Gasteiger partial charge in [-0.1, -0.05) is 36.4 Å². The van der Waals surface area contributed by atoms with Crippen molar-refractivity contribution in [1.82, 2.24) is 10.3 Å². The molecule has 0 saturated carbocycles. The topological polar surface area (TPSA) is 72.5 Å². The van der Waals surface area contributed by atoms with E-state index in [2.05, 4.69) is 27.8 Å². The summed E-state index contributed by atoms with van der Waals surface area (Å²) < 4.78 is 10.6. The van der Waals surface area contributed by atoms with Crippen LogP contribution in [0.1, 0.15) is 21.5 Å². The third-order valence-corrected chi connectivity index (χ3v) is 4.75. The maximum absolute atomic E-state index is 12.6. The van der Waals surface area contributed by atoms with E-state index in [4.69, 9.17) is 9.47 Å². The number of methoxy groups -OCH3 is 2. The molecule has 0 radical (unpaired) electrons. The minimum absolute atomic E-state index is 0.132. The quantitative estimate of drug-likeness (QED) is 0.538. The van der Waals surface area contributed by atoms with E-state index in [1.807, 2.05) is 36.4 Å². The van der Waals surface area contributed by atoms with Crippen molar-refractivity contribution >= 4 is 11.7 Å². The number of pyridine rings is 1. The zero-order chi connectivity index (χ0) is 21.2. The van der Waals surface area contributed by atoms with Gasteiger partial charge in [-0.3, -0.25) is 4.79 Å². The van der Waals surface area contributed by atoms with Crippen LogP contribution in [0.25, 0.3) is 0 Å². The molecule has 3 aromatic rings. The first-order valence-electron chi connectivity index (χ1n) is 9.93. The lowest BCUT2D eigenvalue weighted by Crippen LogP contribution is -2.27. The molecule has 1 aromatic heterocycles. The first-order valence-corrected chi connectivity index (χ1v) is 9.93. The first-order chi connectivity index (χ1) is 14.7. The summed E-state index contributed by atoms with van der Waals surface area (Å²) in [5.74, 6) is 1.85. The molecule has 0 aliphatic carbocycles. The van der Waals surface area contributed by atoms with Gasteiger partial charge in [0, 0.05) is 19.3 Å². The Labute approximate surface area is 177 Å². The molecule has 2 N–H and O–H groups in total. The van der Waals surface area contributed by atoms with Crippen molar-refractivity contribution in [3.05, 3.63) is 83.6 Å². The Morgan fingerprint density at radius 3 is 2.40 bits per heavy atom. The molecule has 0 unspecified atom stereocenters. The second-order valence-electron chi connectivity index (χ2n) is 6.76. The molecule has 0 bridgehead atoms. The highest BCUT2D eigenvalue weighted by molar-refractivity contribution is 5.98. The summed E-state index contributed by atoms with van der Waals surface area (Å²) in [6, 6.07) is 19.5. The molecule has 6 nitrogen and oxygen atoms in total. The van der Waals surface area contributed by atoms with Gasteiger partial charge in [-0.15, -0.1) is 0 Å². The highest BCUT2D eigenvalue weighted by atomic mass is 16.5. The van der Waals surface area contributed by atoms with Crippen LogP contribution in [0.3, 0.4) is 0 Å². The van der Waals surface area contributed by atoms with Crippen LogP contribution in [0.2, 0.25) is 0 Å². The van der Waals surface area contributed by atoms with E-state index >= 15 is 0 Å². The molecule has 0 saturated heterocycles. The Kier molecular flexibility index (Phi) is 7.66. The fourth-order valence-corrected chi connectivity index (χ4v) is 3.15. The Bertz CT molecular complexity index is 961. The molecular formula is C24H27N3O3. The van der Waals surface area contributed by atoms with E-state index in [-0.39, 0.29) is 5.91 Å². The zero-order valence-electron chi connectivity index (χ0n) is 17.4. The zero-order valence-corrected chi connectivity index (χ0v) is 17.4. The number of benzene rings is 2. The third-order valence-electron chi connectivity index (χ3n) is 4.75. The van der Waals surface area contributed by atoms with Gasteiger partial charge in [-0.2, -0.15) is 0 Å². The third kappa shape index (κ3) is 5.73. The van der Waals surface area contributed by atoms with Gasteiger partial charge in [-0.25, -0.2) is 4.98 Å². The van der Waals surface area contributed by atoms with Gasteiger partial charge < -0.3 is 20.1 Å². The number of rotatable bonds is 10. The van der Waals surface area contributed by atoms with Crippen LogP contribution >= 0.6 is 0 Å². The summed E-state index contributed by atoms with van der Waals surface area (Å²) in [6.07, 6.45) is 3.22. The summed E-state index contributed by atoms with van der Waals surface area (Å²) in [5.41, 5.74) is 2.83. The summed E-state index contributed by atoms with van der Waals surface area (Å²) >= 11 is 0. The average molecular weight is 405 g/mol. The van der Waals surface area contributed by atoms with Gasteiger partial charge >= 0.3 is 0 Å². The SMILES string of the molecule is COc1ccc(CCNc2ncccc2C(=O)NCCc2ccccc2)cc1OC. The largest absolute Gasteiger partial charge is 0.493 e. The second kappa shape index (κ2) is 10.9. The van der Waals surface area contributed by atoms with Crippen molar-refractivity contribution in [2.75, 3.05) is 32.6 Å². The summed E-state index contributed by atoms with van der Waals surface area (Å²) in [7, 11) is 3.24. The van der Waals surface area contributed by atoms with Crippen LogP contribution in [-0.2, 0) is 12.8 Å². The maximum atomic E-state index is 12.6. The Hall–Kier alpha value is -3.54. The second-order valence-corrected chi connectivity index (χ2v) is 6.76. The monoisotopic (exact) mass is 405 g/mol. The van der Waals surface area contributed by atoms with Crippen molar-refractivity contribution in [1.29, 1.82) is 0 Å². The van der Waals surface area contributed by atoms with E-state index in [1.165, 1.54) is 5.56 Å². The molecule has 3 rings (SSSR count). The molecule has 2 aromatic carbocycles. The Morgan fingerprint density at radius 1 is 0.867 bits per heavy atom. The van der Waals surface area contributed by atoms with Crippen molar-refractivity contribution in [2.24, 2.45) is 0 Å². The van der Waals surface area contributed by atoms with Crippen LogP contribution in [0.4, 0.5) is 5.82 Å². The molecule has 156 valence electrons. The van der Waals surface area contributed by atoms with Crippen molar-refractivity contribution in [2.45, 2.75) is 12.8 Å². The van der Waals surface area contributed by atoms with Gasteiger partial charge in [0.05, 0.1) is 19.8 Å². The predicted octanol–water partition coefficient (Wildman–Crippen LogP) is 3.73. The molecule has 0 aliphatic heterocycles. The number of hydrogen-bond donors (Lipinski definition) is 2. The molecule has 30 heavy (non-hydrogen) atoms. The molecule has 0 atom stereocenters. The summed E-state index contributed by atoms with van der Waals surface area (Å²) in [6.45, 7) is 1.21.